The molecule has 0 saturated carbocycles. The summed E-state index contributed by atoms with van der Waals surface area (Å²) >= 11 is 0. The van der Waals surface area contributed by atoms with Gasteiger partial charge in [-0.2, -0.15) is 0 Å². The Balaban J connectivity index is 2.02. The lowest BCUT2D eigenvalue weighted by Crippen LogP contribution is -2.52. The molecule has 0 aliphatic carbocycles. The van der Waals surface area contributed by atoms with Gasteiger partial charge in [-0.3, -0.25) is 9.59 Å². The summed E-state index contributed by atoms with van der Waals surface area (Å²) in [5.74, 6) is -0.0895. The van der Waals surface area contributed by atoms with Crippen molar-refractivity contribution in [2.45, 2.75) is 33.2 Å². The van der Waals surface area contributed by atoms with Crippen LogP contribution in [-0.2, 0) is 4.79 Å². The van der Waals surface area contributed by atoms with Gasteiger partial charge in [0.05, 0.1) is 6.26 Å². The zero-order valence-electron chi connectivity index (χ0n) is 14.2. The van der Waals surface area contributed by atoms with Gasteiger partial charge in [0.25, 0.3) is 5.91 Å². The van der Waals surface area contributed by atoms with E-state index in [1.165, 1.54) is 6.26 Å². The van der Waals surface area contributed by atoms with Crippen molar-refractivity contribution in [2.24, 2.45) is 5.92 Å². The lowest BCUT2D eigenvalue weighted by molar-refractivity contribution is -0.134. The van der Waals surface area contributed by atoms with Crippen molar-refractivity contribution in [1.29, 1.82) is 0 Å². The molecular weight excluding hydrogens is 294 g/mol. The summed E-state index contributed by atoms with van der Waals surface area (Å²) in [6, 6.07) is 2.73. The molecule has 0 aromatic carbocycles. The van der Waals surface area contributed by atoms with Crippen LogP contribution < -0.4 is 5.32 Å². The molecule has 0 spiro atoms. The Bertz CT molecular complexity index is 513. The van der Waals surface area contributed by atoms with Crippen LogP contribution in [0.1, 0.15) is 37.7 Å². The van der Waals surface area contributed by atoms with Crippen molar-refractivity contribution >= 4 is 11.8 Å². The molecule has 128 valence electrons. The molecule has 1 N–H and O–H groups in total. The van der Waals surface area contributed by atoms with Crippen molar-refractivity contribution in [3.05, 3.63) is 24.2 Å². The van der Waals surface area contributed by atoms with Gasteiger partial charge < -0.3 is 19.5 Å². The summed E-state index contributed by atoms with van der Waals surface area (Å²) in [4.78, 5) is 29.3. The zero-order chi connectivity index (χ0) is 16.8. The molecule has 1 atom stereocenters. The van der Waals surface area contributed by atoms with Crippen LogP contribution in [0, 0.1) is 5.92 Å². The van der Waals surface area contributed by atoms with Gasteiger partial charge in [-0.15, -0.1) is 0 Å². The van der Waals surface area contributed by atoms with E-state index < -0.39 is 6.04 Å². The van der Waals surface area contributed by atoms with Crippen molar-refractivity contribution in [3.63, 3.8) is 0 Å². The maximum Gasteiger partial charge on any atom is 0.287 e. The summed E-state index contributed by atoms with van der Waals surface area (Å²) in [5.41, 5.74) is 0. The molecule has 6 heteroatoms. The monoisotopic (exact) mass is 321 g/mol. The Kier molecular flexibility index (Phi) is 6.21. The Morgan fingerprint density at radius 2 is 2.04 bits per heavy atom. The van der Waals surface area contributed by atoms with Crippen molar-refractivity contribution in [2.75, 3.05) is 32.7 Å². The predicted molar refractivity (Wildman–Crippen MR) is 88.1 cm³/mol. The highest BCUT2D eigenvalue weighted by molar-refractivity contribution is 5.95. The van der Waals surface area contributed by atoms with E-state index in [-0.39, 0.29) is 23.5 Å². The first kappa shape index (κ1) is 17.5. The Morgan fingerprint density at radius 3 is 2.65 bits per heavy atom. The van der Waals surface area contributed by atoms with Gasteiger partial charge in [0.1, 0.15) is 6.04 Å². The van der Waals surface area contributed by atoms with Crippen molar-refractivity contribution < 1.29 is 14.0 Å². The topological polar surface area (TPSA) is 65.8 Å². The van der Waals surface area contributed by atoms with Crippen LogP contribution in [0.5, 0.6) is 0 Å². The van der Waals surface area contributed by atoms with Gasteiger partial charge in [0.15, 0.2) is 5.76 Å². The fourth-order valence-electron chi connectivity index (χ4n) is 2.84. The molecule has 0 unspecified atom stereocenters. The standard InChI is InChI=1S/C17H27N3O3/c1-4-19-8-6-9-20(11-10-19)17(22)15(13(2)3)18-16(21)14-7-5-12-23-14/h5,7,12-13,15H,4,6,8-11H2,1-3H3,(H,18,21)/t15-/m0/s1. The molecule has 2 heterocycles. The molecule has 1 aliphatic rings. The second kappa shape index (κ2) is 8.15. The number of carbonyl (C=O) groups excluding carboxylic acids is 2. The van der Waals surface area contributed by atoms with Crippen LogP contribution in [0.2, 0.25) is 0 Å². The van der Waals surface area contributed by atoms with E-state index in [0.29, 0.717) is 6.54 Å². The number of nitrogens with zero attached hydrogens (tertiary/aromatic N) is 2. The first-order valence-electron chi connectivity index (χ1n) is 8.38. The molecule has 6 nitrogen and oxygen atoms in total. The van der Waals surface area contributed by atoms with E-state index in [9.17, 15) is 9.59 Å². The van der Waals surface area contributed by atoms with E-state index in [1.54, 1.807) is 12.1 Å². The third-order valence-electron chi connectivity index (χ3n) is 4.31. The smallest absolute Gasteiger partial charge is 0.287 e. The highest BCUT2D eigenvalue weighted by Crippen LogP contribution is 2.11. The lowest BCUT2D eigenvalue weighted by Gasteiger charge is -2.28. The third kappa shape index (κ3) is 4.58. The molecule has 1 aromatic heterocycles. The molecule has 1 aromatic rings. The van der Waals surface area contributed by atoms with Gasteiger partial charge in [0.2, 0.25) is 5.91 Å². The Morgan fingerprint density at radius 1 is 1.26 bits per heavy atom. The van der Waals surface area contributed by atoms with Gasteiger partial charge in [-0.05, 0) is 37.6 Å². The molecule has 2 rings (SSSR count). The van der Waals surface area contributed by atoms with Gasteiger partial charge in [-0.25, -0.2) is 0 Å². The number of furan rings is 1. The minimum Gasteiger partial charge on any atom is -0.459 e. The van der Waals surface area contributed by atoms with Crippen LogP contribution in [-0.4, -0.2) is 60.4 Å². The Labute approximate surface area is 137 Å². The molecule has 1 saturated heterocycles. The highest BCUT2D eigenvalue weighted by Gasteiger charge is 2.30. The quantitative estimate of drug-likeness (QED) is 0.894. The molecule has 2 amide bonds. The van der Waals surface area contributed by atoms with E-state index in [2.05, 4.69) is 17.1 Å². The minimum atomic E-state index is -0.527. The maximum atomic E-state index is 12.9. The largest absolute Gasteiger partial charge is 0.459 e. The average molecular weight is 321 g/mol. The van der Waals surface area contributed by atoms with E-state index in [1.807, 2.05) is 18.7 Å². The predicted octanol–water partition coefficient (Wildman–Crippen LogP) is 1.59. The second-order valence-electron chi connectivity index (χ2n) is 6.29. The molecule has 0 radical (unpaired) electrons. The fourth-order valence-corrected chi connectivity index (χ4v) is 2.84. The molecular formula is C17H27N3O3. The number of amides is 2. The zero-order valence-corrected chi connectivity index (χ0v) is 14.2. The molecule has 0 bridgehead atoms. The Hall–Kier alpha value is -1.82. The number of rotatable bonds is 5. The highest BCUT2D eigenvalue weighted by atomic mass is 16.3. The van der Waals surface area contributed by atoms with Gasteiger partial charge >= 0.3 is 0 Å². The molecule has 23 heavy (non-hydrogen) atoms. The number of nitrogens with one attached hydrogen (secondary N) is 1. The first-order chi connectivity index (χ1) is 11.0. The van der Waals surface area contributed by atoms with Crippen LogP contribution in [0.4, 0.5) is 0 Å². The number of carbonyl (C=O) groups is 2. The summed E-state index contributed by atoms with van der Waals surface area (Å²) in [7, 11) is 0. The van der Waals surface area contributed by atoms with E-state index in [0.717, 1.165) is 32.6 Å². The van der Waals surface area contributed by atoms with Crippen LogP contribution in [0.25, 0.3) is 0 Å². The van der Waals surface area contributed by atoms with Crippen molar-refractivity contribution in [1.82, 2.24) is 15.1 Å². The fraction of sp³-hybridized carbons (Fsp3) is 0.647. The maximum absolute atomic E-state index is 12.9. The van der Waals surface area contributed by atoms with Crippen LogP contribution in [0.3, 0.4) is 0 Å². The van der Waals surface area contributed by atoms with Crippen molar-refractivity contribution in [3.8, 4) is 0 Å². The summed E-state index contributed by atoms with van der Waals surface area (Å²) in [5, 5.41) is 2.82. The van der Waals surface area contributed by atoms with Crippen LogP contribution in [0.15, 0.2) is 22.8 Å². The first-order valence-corrected chi connectivity index (χ1v) is 8.38. The molecule has 1 aliphatic heterocycles. The van der Waals surface area contributed by atoms with Gasteiger partial charge in [0, 0.05) is 19.6 Å². The summed E-state index contributed by atoms with van der Waals surface area (Å²) in [6.45, 7) is 10.4. The summed E-state index contributed by atoms with van der Waals surface area (Å²) in [6.07, 6.45) is 2.42. The lowest BCUT2D eigenvalue weighted by atomic mass is 10.0. The second-order valence-corrected chi connectivity index (χ2v) is 6.29. The normalized spacial score (nSPS) is 17.8. The molecule has 1 fully saturated rings. The number of likely N-dealkylation sites (N-methyl/N-ethyl adjacent to an activating group) is 1. The van der Waals surface area contributed by atoms with Gasteiger partial charge in [-0.1, -0.05) is 20.8 Å². The third-order valence-corrected chi connectivity index (χ3v) is 4.31. The van der Waals surface area contributed by atoms with Crippen LogP contribution >= 0.6 is 0 Å². The average Bonchev–Trinajstić information content (AvgIpc) is 2.96. The van der Waals surface area contributed by atoms with E-state index >= 15 is 0 Å². The number of hydrogen-bond acceptors (Lipinski definition) is 4. The SMILES string of the molecule is CCN1CCCN(C(=O)[C@@H](NC(=O)c2ccco2)C(C)C)CC1. The number of hydrogen-bond donors (Lipinski definition) is 1. The summed E-state index contributed by atoms with van der Waals surface area (Å²) < 4.78 is 5.11. The van der Waals surface area contributed by atoms with E-state index in [4.69, 9.17) is 4.42 Å². The minimum absolute atomic E-state index is 0.00198.